The first kappa shape index (κ1) is 55.9. The molecule has 2 aliphatic rings. The van der Waals surface area contributed by atoms with Gasteiger partial charge >= 0.3 is 5.97 Å². The summed E-state index contributed by atoms with van der Waals surface area (Å²) in [6.07, 6.45) is 49.6. The van der Waals surface area contributed by atoms with Gasteiger partial charge in [0.05, 0.1) is 39.4 Å². The van der Waals surface area contributed by atoms with Gasteiger partial charge in [0, 0.05) is 0 Å². The minimum absolute atomic E-state index is 0.283. The number of alkyl halides is 1. The van der Waals surface area contributed by atoms with Crippen molar-refractivity contribution in [1.29, 1.82) is 0 Å². The van der Waals surface area contributed by atoms with Crippen LogP contribution in [0.25, 0.3) is 0 Å². The number of aliphatic hydroxyl groups excluding tert-OH is 2. The van der Waals surface area contributed by atoms with Gasteiger partial charge in [0.25, 0.3) is 0 Å². The lowest BCUT2D eigenvalue weighted by Gasteiger charge is -2.29. The molecule has 57 heavy (non-hydrogen) atoms. The van der Waals surface area contributed by atoms with E-state index in [4.69, 9.17) is 16.7 Å². The summed E-state index contributed by atoms with van der Waals surface area (Å²) in [5.41, 5.74) is 0. The summed E-state index contributed by atoms with van der Waals surface area (Å²) in [6.45, 7) is 13.3. The van der Waals surface area contributed by atoms with Gasteiger partial charge in [-0.2, -0.15) is 0 Å². The van der Waals surface area contributed by atoms with Crippen molar-refractivity contribution in [2.24, 2.45) is 9.98 Å². The van der Waals surface area contributed by atoms with E-state index in [2.05, 4.69) is 36.5 Å². The summed E-state index contributed by atoms with van der Waals surface area (Å²) >= 11 is 4.74. The van der Waals surface area contributed by atoms with Gasteiger partial charge in [-0.1, -0.05) is 194 Å². The summed E-state index contributed by atoms with van der Waals surface area (Å²) < 4.78 is 1.85. The summed E-state index contributed by atoms with van der Waals surface area (Å²) in [5.74, 6) is -1.29. The second kappa shape index (κ2) is 43.0. The van der Waals surface area contributed by atoms with Crippen LogP contribution in [0, 0.1) is 0 Å². The third-order valence-electron chi connectivity index (χ3n) is 12.1. The maximum atomic E-state index is 9.25. The molecule has 2 unspecified atom stereocenters. The summed E-state index contributed by atoms with van der Waals surface area (Å²) in [5, 5.41) is 26.1. The van der Waals surface area contributed by atoms with Crippen LogP contribution in [0.3, 0.4) is 0 Å². The highest BCUT2D eigenvalue weighted by molar-refractivity contribution is 6.26. The fraction of sp³-hybridized carbons (Fsp3) is 0.938. The number of hydrogen-bond donors (Lipinski definition) is 3. The number of quaternary nitrogens is 2. The van der Waals surface area contributed by atoms with Crippen LogP contribution < -0.4 is 0 Å². The molecular weight excluding hydrogens is 732 g/mol. The molecule has 0 saturated carbocycles. The first-order valence-electron chi connectivity index (χ1n) is 24.7. The molecule has 338 valence electrons. The molecule has 3 N–H and O–H groups in total. The summed E-state index contributed by atoms with van der Waals surface area (Å²) in [4.78, 5) is 18.0. The van der Waals surface area contributed by atoms with Crippen molar-refractivity contribution in [1.82, 2.24) is 0 Å². The molecule has 0 amide bonds. The third kappa shape index (κ3) is 36.5. The van der Waals surface area contributed by atoms with Crippen molar-refractivity contribution in [3.8, 4) is 0 Å². The van der Waals surface area contributed by atoms with E-state index >= 15 is 0 Å². The minimum Gasteiger partial charge on any atom is -0.480 e. The molecule has 0 spiro atoms. The SMILES string of the molecule is CCCCCCCCCCCCCCCCCC[N+]1(CCO)C=NCC1.CCCCCCCCCCCCCCCCCC[N+]1(CCO)C=NCC1.O=C(O)CCl. The topological polar surface area (TPSA) is 102 Å². The Morgan fingerprint density at radius 2 is 0.684 bits per heavy atom. The molecule has 0 fully saturated rings. The predicted molar refractivity (Wildman–Crippen MR) is 248 cm³/mol. The van der Waals surface area contributed by atoms with Gasteiger partial charge < -0.3 is 15.3 Å². The van der Waals surface area contributed by atoms with Gasteiger partial charge in [-0.15, -0.1) is 11.6 Å². The first-order chi connectivity index (χ1) is 27.9. The average Bonchev–Trinajstić information content (AvgIpc) is 3.88. The molecule has 2 atom stereocenters. The van der Waals surface area contributed by atoms with Gasteiger partial charge in [0.1, 0.15) is 32.1 Å². The molecule has 0 aromatic carbocycles. The monoisotopic (exact) mass is 829 g/mol. The van der Waals surface area contributed by atoms with Crippen molar-refractivity contribution in [2.75, 3.05) is 71.5 Å². The largest absolute Gasteiger partial charge is 0.480 e. The van der Waals surface area contributed by atoms with Crippen LogP contribution in [0.4, 0.5) is 0 Å². The lowest BCUT2D eigenvalue weighted by molar-refractivity contribution is -0.829. The zero-order valence-corrected chi connectivity index (χ0v) is 38.7. The second-order valence-electron chi connectivity index (χ2n) is 17.4. The number of rotatable bonds is 39. The molecular formula is C48H97ClN4O4+2. The lowest BCUT2D eigenvalue weighted by Crippen LogP contribution is -2.48. The van der Waals surface area contributed by atoms with E-state index in [1.54, 1.807) is 0 Å². The molecule has 0 aliphatic carbocycles. The van der Waals surface area contributed by atoms with E-state index < -0.39 is 5.97 Å². The average molecular weight is 830 g/mol. The highest BCUT2D eigenvalue weighted by atomic mass is 35.5. The molecule has 8 nitrogen and oxygen atoms in total. The van der Waals surface area contributed by atoms with Gasteiger partial charge in [-0.05, 0) is 25.7 Å². The van der Waals surface area contributed by atoms with Crippen LogP contribution >= 0.6 is 11.6 Å². The van der Waals surface area contributed by atoms with Crippen molar-refractivity contribution in [2.45, 2.75) is 219 Å². The van der Waals surface area contributed by atoms with Crippen molar-refractivity contribution in [3.05, 3.63) is 0 Å². The molecule has 0 radical (unpaired) electrons. The standard InChI is InChI=1S/2C23H47N2O.C2H3ClO2/c2*1-2-3-4-5-6-7-8-9-10-11-12-13-14-15-16-17-19-25(21-22-26)20-18-24-23-25;3-1-2(4)5/h2*23,26H,2-22H2,1H3;1H2,(H,4,5)/q2*+1;. The Kier molecular flexibility index (Phi) is 42.2. The molecule has 2 aliphatic heterocycles. The molecule has 2 heterocycles. The summed E-state index contributed by atoms with van der Waals surface area (Å²) in [7, 11) is 0. The Labute approximate surface area is 358 Å². The number of aliphatic carboxylic acids is 1. The number of unbranched alkanes of at least 4 members (excludes halogenated alkanes) is 30. The molecule has 0 aromatic rings. The molecule has 0 saturated heterocycles. The zero-order chi connectivity index (χ0) is 41.8. The maximum absolute atomic E-state index is 9.25. The van der Waals surface area contributed by atoms with Gasteiger partial charge in [-0.3, -0.25) is 13.8 Å². The lowest BCUT2D eigenvalue weighted by atomic mass is 10.0. The fourth-order valence-electron chi connectivity index (χ4n) is 8.34. The Morgan fingerprint density at radius 3 is 0.860 bits per heavy atom. The van der Waals surface area contributed by atoms with Gasteiger partial charge in [0.2, 0.25) is 0 Å². The first-order valence-corrected chi connectivity index (χ1v) is 25.2. The number of carboxylic acids is 1. The van der Waals surface area contributed by atoms with E-state index in [0.717, 1.165) is 48.2 Å². The highest BCUT2D eigenvalue weighted by Gasteiger charge is 2.28. The van der Waals surface area contributed by atoms with Crippen molar-refractivity contribution < 1.29 is 29.1 Å². The Morgan fingerprint density at radius 1 is 0.456 bits per heavy atom. The predicted octanol–water partition coefficient (Wildman–Crippen LogP) is 12.5. The van der Waals surface area contributed by atoms with Gasteiger partial charge in [-0.25, -0.2) is 9.98 Å². The second-order valence-corrected chi connectivity index (χ2v) is 17.7. The molecule has 2 rings (SSSR count). The van der Waals surface area contributed by atoms with Gasteiger partial charge in [0.15, 0.2) is 12.7 Å². The van der Waals surface area contributed by atoms with Crippen LogP contribution in [-0.2, 0) is 4.79 Å². The van der Waals surface area contributed by atoms with E-state index in [1.807, 2.05) is 0 Å². The van der Waals surface area contributed by atoms with E-state index in [1.165, 1.54) is 219 Å². The molecule has 9 heteroatoms. The van der Waals surface area contributed by atoms with Crippen LogP contribution in [0.1, 0.15) is 219 Å². The minimum atomic E-state index is -0.980. The number of carboxylic acid groups (broad SMARTS) is 1. The number of halogens is 1. The smallest absolute Gasteiger partial charge is 0.318 e. The Hall–Kier alpha value is -1.06. The quantitative estimate of drug-likeness (QED) is 0.0326. The van der Waals surface area contributed by atoms with E-state index in [0.29, 0.717) is 0 Å². The van der Waals surface area contributed by atoms with E-state index in [-0.39, 0.29) is 19.1 Å². The number of nitrogens with zero attached hydrogens (tertiary/aromatic N) is 4. The van der Waals surface area contributed by atoms with Crippen molar-refractivity contribution >= 4 is 30.2 Å². The van der Waals surface area contributed by atoms with Crippen molar-refractivity contribution in [3.63, 3.8) is 0 Å². The number of aliphatic hydroxyl groups is 2. The van der Waals surface area contributed by atoms with Crippen LogP contribution in [0.15, 0.2) is 9.98 Å². The molecule has 0 bridgehead atoms. The molecule has 0 aromatic heterocycles. The Balaban J connectivity index is 0.000000982. The van der Waals surface area contributed by atoms with Crippen LogP contribution in [0.2, 0.25) is 0 Å². The highest BCUT2D eigenvalue weighted by Crippen LogP contribution is 2.18. The summed E-state index contributed by atoms with van der Waals surface area (Å²) in [6, 6.07) is 0. The number of hydrogen-bond acceptors (Lipinski definition) is 5. The normalized spacial score (nSPS) is 18.4. The fourth-order valence-corrected chi connectivity index (χ4v) is 8.34. The Bertz CT molecular complexity index is 846. The third-order valence-corrected chi connectivity index (χ3v) is 12.3. The maximum Gasteiger partial charge on any atom is 0.318 e. The van der Waals surface area contributed by atoms with Crippen LogP contribution in [-0.4, -0.2) is 114 Å². The van der Waals surface area contributed by atoms with E-state index in [9.17, 15) is 15.0 Å². The number of carbonyl (C=O) groups is 1. The van der Waals surface area contributed by atoms with Crippen LogP contribution in [0.5, 0.6) is 0 Å². The number of aliphatic imine (C=N–C) groups is 2. The zero-order valence-electron chi connectivity index (χ0n) is 38.0.